The summed E-state index contributed by atoms with van der Waals surface area (Å²) in [6, 6.07) is 11.3. The third kappa shape index (κ3) is 5.02. The van der Waals surface area contributed by atoms with E-state index in [1.807, 2.05) is 6.07 Å². The highest BCUT2D eigenvalue weighted by molar-refractivity contribution is 5.80. The van der Waals surface area contributed by atoms with Gasteiger partial charge in [-0.25, -0.2) is 0 Å². The fourth-order valence-corrected chi connectivity index (χ4v) is 2.75. The second kappa shape index (κ2) is 8.18. The summed E-state index contributed by atoms with van der Waals surface area (Å²) in [5.74, 6) is 1.74. The quantitative estimate of drug-likeness (QED) is 0.601. The van der Waals surface area contributed by atoms with Gasteiger partial charge in [0.15, 0.2) is 5.96 Å². The lowest BCUT2D eigenvalue weighted by molar-refractivity contribution is 0.271. The Morgan fingerprint density at radius 3 is 2.50 bits per heavy atom. The zero-order valence-electron chi connectivity index (χ0n) is 14.3. The van der Waals surface area contributed by atoms with Crippen molar-refractivity contribution in [3.63, 3.8) is 0 Å². The van der Waals surface area contributed by atoms with Crippen LogP contribution in [0.15, 0.2) is 35.3 Å². The first-order chi connectivity index (χ1) is 10.6. The maximum atomic E-state index is 4.81. The summed E-state index contributed by atoms with van der Waals surface area (Å²) in [6.45, 7) is 6.01. The normalized spacial score (nSPS) is 18.1. The Kier molecular flexibility index (Phi) is 6.25. The van der Waals surface area contributed by atoms with E-state index < -0.39 is 0 Å². The van der Waals surface area contributed by atoms with Gasteiger partial charge in [-0.1, -0.05) is 30.3 Å². The molecule has 4 heteroatoms. The number of nitrogens with one attached hydrogen (secondary N) is 2. The fraction of sp³-hybridized carbons (Fsp3) is 0.611. The largest absolute Gasteiger partial charge is 0.357 e. The predicted molar refractivity (Wildman–Crippen MR) is 94.2 cm³/mol. The lowest BCUT2D eigenvalue weighted by Crippen LogP contribution is -2.40. The SMILES string of the molecule is CCNC(=NCC(C1CC1)N(C)C)NC(C)c1ccccc1. The Labute approximate surface area is 135 Å². The first-order valence-electron chi connectivity index (χ1n) is 8.38. The van der Waals surface area contributed by atoms with E-state index in [0.717, 1.165) is 25.0 Å². The standard InChI is InChI=1S/C18H30N4/c1-5-19-18(20-13-17(22(3)4)16-11-12-16)21-14(2)15-9-7-6-8-10-15/h6-10,14,16-17H,5,11-13H2,1-4H3,(H2,19,20,21). The highest BCUT2D eigenvalue weighted by atomic mass is 15.2. The minimum atomic E-state index is 0.248. The molecule has 1 saturated carbocycles. The van der Waals surface area contributed by atoms with Gasteiger partial charge in [-0.05, 0) is 52.3 Å². The van der Waals surface area contributed by atoms with E-state index in [0.29, 0.717) is 6.04 Å². The molecule has 1 fully saturated rings. The van der Waals surface area contributed by atoms with Gasteiger partial charge in [-0.2, -0.15) is 0 Å². The minimum absolute atomic E-state index is 0.248. The van der Waals surface area contributed by atoms with Crippen molar-refractivity contribution in [3.8, 4) is 0 Å². The summed E-state index contributed by atoms with van der Waals surface area (Å²) in [7, 11) is 4.32. The zero-order valence-corrected chi connectivity index (χ0v) is 14.3. The summed E-state index contributed by atoms with van der Waals surface area (Å²) in [6.07, 6.45) is 2.70. The molecule has 0 spiro atoms. The minimum Gasteiger partial charge on any atom is -0.357 e. The topological polar surface area (TPSA) is 39.7 Å². The highest BCUT2D eigenvalue weighted by Gasteiger charge is 2.32. The molecule has 1 aliphatic carbocycles. The van der Waals surface area contributed by atoms with Crippen LogP contribution in [-0.4, -0.2) is 44.1 Å². The van der Waals surface area contributed by atoms with Crippen molar-refractivity contribution >= 4 is 5.96 Å². The summed E-state index contributed by atoms with van der Waals surface area (Å²) < 4.78 is 0. The molecule has 0 aliphatic heterocycles. The number of rotatable bonds is 7. The first-order valence-corrected chi connectivity index (χ1v) is 8.38. The van der Waals surface area contributed by atoms with E-state index in [9.17, 15) is 0 Å². The van der Waals surface area contributed by atoms with Crippen molar-refractivity contribution < 1.29 is 0 Å². The van der Waals surface area contributed by atoms with E-state index in [2.05, 4.69) is 67.7 Å². The van der Waals surface area contributed by atoms with Gasteiger partial charge in [-0.15, -0.1) is 0 Å². The average molecular weight is 302 g/mol. The molecule has 1 aliphatic rings. The van der Waals surface area contributed by atoms with E-state index in [1.165, 1.54) is 18.4 Å². The first kappa shape index (κ1) is 16.8. The van der Waals surface area contributed by atoms with Gasteiger partial charge in [0.05, 0.1) is 12.6 Å². The predicted octanol–water partition coefficient (Wildman–Crippen LogP) is 2.64. The van der Waals surface area contributed by atoms with Crippen molar-refractivity contribution in [1.29, 1.82) is 0 Å². The fourth-order valence-electron chi connectivity index (χ4n) is 2.75. The second-order valence-electron chi connectivity index (χ2n) is 6.36. The van der Waals surface area contributed by atoms with Gasteiger partial charge in [0.25, 0.3) is 0 Å². The van der Waals surface area contributed by atoms with Crippen LogP contribution in [0.25, 0.3) is 0 Å². The third-order valence-electron chi connectivity index (χ3n) is 4.26. The van der Waals surface area contributed by atoms with Crippen LogP contribution < -0.4 is 10.6 Å². The number of likely N-dealkylation sites (N-methyl/N-ethyl adjacent to an activating group) is 1. The van der Waals surface area contributed by atoms with E-state index >= 15 is 0 Å². The molecule has 2 rings (SSSR count). The van der Waals surface area contributed by atoms with Crippen molar-refractivity contribution in [2.24, 2.45) is 10.9 Å². The molecule has 1 aromatic rings. The molecular weight excluding hydrogens is 272 g/mol. The summed E-state index contributed by atoms with van der Waals surface area (Å²) in [4.78, 5) is 7.13. The molecule has 0 amide bonds. The second-order valence-corrected chi connectivity index (χ2v) is 6.36. The van der Waals surface area contributed by atoms with Crippen LogP contribution in [-0.2, 0) is 0 Å². The smallest absolute Gasteiger partial charge is 0.191 e. The Balaban J connectivity index is 1.97. The van der Waals surface area contributed by atoms with Crippen LogP contribution in [0.3, 0.4) is 0 Å². The van der Waals surface area contributed by atoms with Crippen LogP contribution >= 0.6 is 0 Å². The van der Waals surface area contributed by atoms with Crippen molar-refractivity contribution in [2.75, 3.05) is 27.2 Å². The Hall–Kier alpha value is -1.55. The molecule has 122 valence electrons. The molecule has 0 aromatic heterocycles. The van der Waals surface area contributed by atoms with Crippen LogP contribution in [0, 0.1) is 5.92 Å². The van der Waals surface area contributed by atoms with Gasteiger partial charge in [0.2, 0.25) is 0 Å². The number of hydrogen-bond donors (Lipinski definition) is 2. The lowest BCUT2D eigenvalue weighted by Gasteiger charge is -2.24. The maximum Gasteiger partial charge on any atom is 0.191 e. The molecule has 0 saturated heterocycles. The van der Waals surface area contributed by atoms with Crippen LogP contribution in [0.5, 0.6) is 0 Å². The van der Waals surface area contributed by atoms with Crippen molar-refractivity contribution in [3.05, 3.63) is 35.9 Å². The zero-order chi connectivity index (χ0) is 15.9. The molecule has 2 N–H and O–H groups in total. The molecule has 0 bridgehead atoms. The third-order valence-corrected chi connectivity index (χ3v) is 4.26. The molecular formula is C18H30N4. The van der Waals surface area contributed by atoms with Gasteiger partial charge in [-0.3, -0.25) is 4.99 Å². The van der Waals surface area contributed by atoms with Crippen LogP contribution in [0.2, 0.25) is 0 Å². The van der Waals surface area contributed by atoms with E-state index in [1.54, 1.807) is 0 Å². The number of guanidine groups is 1. The summed E-state index contributed by atoms with van der Waals surface area (Å²) >= 11 is 0. The Morgan fingerprint density at radius 1 is 1.27 bits per heavy atom. The maximum absolute atomic E-state index is 4.81. The molecule has 2 atom stereocenters. The summed E-state index contributed by atoms with van der Waals surface area (Å²) in [5.41, 5.74) is 1.28. The summed E-state index contributed by atoms with van der Waals surface area (Å²) in [5, 5.41) is 6.87. The highest BCUT2D eigenvalue weighted by Crippen LogP contribution is 2.34. The molecule has 4 nitrogen and oxygen atoms in total. The van der Waals surface area contributed by atoms with Gasteiger partial charge < -0.3 is 15.5 Å². The van der Waals surface area contributed by atoms with Crippen molar-refractivity contribution in [2.45, 2.75) is 38.8 Å². The monoisotopic (exact) mass is 302 g/mol. The molecule has 1 aromatic carbocycles. The Morgan fingerprint density at radius 2 is 1.95 bits per heavy atom. The lowest BCUT2D eigenvalue weighted by atomic mass is 10.1. The molecule has 22 heavy (non-hydrogen) atoms. The van der Waals surface area contributed by atoms with Gasteiger partial charge in [0.1, 0.15) is 0 Å². The van der Waals surface area contributed by atoms with E-state index in [4.69, 9.17) is 4.99 Å². The number of hydrogen-bond acceptors (Lipinski definition) is 2. The van der Waals surface area contributed by atoms with E-state index in [-0.39, 0.29) is 6.04 Å². The molecule has 0 heterocycles. The van der Waals surface area contributed by atoms with Gasteiger partial charge in [0, 0.05) is 12.6 Å². The average Bonchev–Trinajstić information content (AvgIpc) is 3.33. The number of benzene rings is 1. The van der Waals surface area contributed by atoms with Crippen molar-refractivity contribution in [1.82, 2.24) is 15.5 Å². The van der Waals surface area contributed by atoms with Crippen LogP contribution in [0.1, 0.15) is 38.3 Å². The number of aliphatic imine (C=N–C) groups is 1. The molecule has 0 radical (unpaired) electrons. The van der Waals surface area contributed by atoms with Crippen LogP contribution in [0.4, 0.5) is 0 Å². The Bertz CT molecular complexity index is 463. The number of nitrogens with zero attached hydrogens (tertiary/aromatic N) is 2. The van der Waals surface area contributed by atoms with Gasteiger partial charge >= 0.3 is 0 Å². The molecule has 2 unspecified atom stereocenters.